The Morgan fingerprint density at radius 2 is 1.79 bits per heavy atom. The summed E-state index contributed by atoms with van der Waals surface area (Å²) in [7, 11) is 0. The van der Waals surface area contributed by atoms with Crippen molar-refractivity contribution in [3.63, 3.8) is 0 Å². The van der Waals surface area contributed by atoms with Crippen LogP contribution in [0.15, 0.2) is 48.7 Å². The summed E-state index contributed by atoms with van der Waals surface area (Å²) in [5.41, 5.74) is 0.347. The number of rotatable bonds is 5. The fraction of sp³-hybridized carbons (Fsp3) is 0.0526. The minimum atomic E-state index is -1.69. The van der Waals surface area contributed by atoms with Crippen molar-refractivity contribution in [1.82, 2.24) is 9.97 Å². The zero-order chi connectivity index (χ0) is 20.3. The molecular formula is C19H13F3N4O2. The number of aromatic nitrogens is 2. The molecule has 142 valence electrons. The lowest BCUT2D eigenvalue weighted by Crippen LogP contribution is -2.16. The minimum Gasteiger partial charge on any atom is -0.324 e. The fourth-order valence-electron chi connectivity index (χ4n) is 2.30. The zero-order valence-corrected chi connectivity index (χ0v) is 14.5. The number of carbonyl (C=O) groups is 2. The van der Waals surface area contributed by atoms with E-state index < -0.39 is 29.0 Å². The van der Waals surface area contributed by atoms with Gasteiger partial charge in [-0.2, -0.15) is 0 Å². The second-order valence-electron chi connectivity index (χ2n) is 5.70. The van der Waals surface area contributed by atoms with Crippen LogP contribution in [0, 0.1) is 17.5 Å². The Morgan fingerprint density at radius 3 is 2.54 bits per heavy atom. The Kier molecular flexibility index (Phi) is 5.35. The van der Waals surface area contributed by atoms with E-state index in [1.54, 1.807) is 24.3 Å². The summed E-state index contributed by atoms with van der Waals surface area (Å²) in [5, 5.41) is 4.97. The number of nitrogens with one attached hydrogen (secondary N) is 2. The molecule has 28 heavy (non-hydrogen) atoms. The Labute approximate surface area is 157 Å². The topological polar surface area (TPSA) is 84.0 Å². The first-order valence-corrected chi connectivity index (χ1v) is 8.01. The molecule has 2 aromatic carbocycles. The Morgan fingerprint density at radius 1 is 1.00 bits per heavy atom. The molecular weight excluding hydrogens is 373 g/mol. The molecule has 0 aliphatic carbocycles. The van der Waals surface area contributed by atoms with Crippen molar-refractivity contribution in [2.24, 2.45) is 0 Å². The first-order valence-electron chi connectivity index (χ1n) is 8.01. The lowest BCUT2D eigenvalue weighted by Gasteiger charge is -2.09. The van der Waals surface area contributed by atoms with Gasteiger partial charge in [-0.15, -0.1) is 0 Å². The van der Waals surface area contributed by atoms with Crippen molar-refractivity contribution in [2.75, 3.05) is 10.6 Å². The minimum absolute atomic E-state index is 0.0547. The average Bonchev–Trinajstić information content (AvgIpc) is 2.69. The quantitative estimate of drug-likeness (QED) is 0.510. The van der Waals surface area contributed by atoms with E-state index in [9.17, 15) is 22.8 Å². The van der Waals surface area contributed by atoms with Gasteiger partial charge in [-0.1, -0.05) is 12.1 Å². The van der Waals surface area contributed by atoms with Crippen LogP contribution in [0.2, 0.25) is 0 Å². The molecule has 0 aliphatic heterocycles. The van der Waals surface area contributed by atoms with Gasteiger partial charge in [0.2, 0.25) is 5.95 Å². The van der Waals surface area contributed by atoms with Crippen LogP contribution >= 0.6 is 0 Å². The van der Waals surface area contributed by atoms with Gasteiger partial charge in [0.25, 0.3) is 5.91 Å². The Bertz CT molecular complexity index is 1070. The molecule has 1 aromatic heterocycles. The van der Waals surface area contributed by atoms with Crippen LogP contribution in [-0.2, 0) is 0 Å². The van der Waals surface area contributed by atoms with Gasteiger partial charge in [-0.25, -0.2) is 23.1 Å². The molecule has 0 aliphatic rings. The lowest BCUT2D eigenvalue weighted by atomic mass is 10.1. The van der Waals surface area contributed by atoms with Crippen LogP contribution in [0.5, 0.6) is 0 Å². The van der Waals surface area contributed by atoms with E-state index in [1.165, 1.54) is 19.2 Å². The van der Waals surface area contributed by atoms with Crippen molar-refractivity contribution in [2.45, 2.75) is 6.92 Å². The van der Waals surface area contributed by atoms with Gasteiger partial charge in [-0.3, -0.25) is 9.59 Å². The first-order chi connectivity index (χ1) is 13.3. The maximum atomic E-state index is 13.7. The number of amides is 1. The third-order valence-corrected chi connectivity index (χ3v) is 3.70. The Balaban J connectivity index is 1.79. The number of anilines is 3. The molecule has 2 N–H and O–H groups in total. The molecule has 1 heterocycles. The number of ketones is 1. The van der Waals surface area contributed by atoms with Crippen molar-refractivity contribution >= 4 is 29.0 Å². The van der Waals surface area contributed by atoms with E-state index >= 15 is 0 Å². The summed E-state index contributed by atoms with van der Waals surface area (Å²) in [6.45, 7) is 1.43. The first kappa shape index (κ1) is 19.0. The average molecular weight is 386 g/mol. The SMILES string of the molecule is CC(=O)c1cccc(Nc2nccc(C(=O)Nc3ccc(F)c(F)c3F)n2)c1. The van der Waals surface area contributed by atoms with E-state index in [-0.39, 0.29) is 17.4 Å². The number of hydrogen-bond donors (Lipinski definition) is 2. The van der Waals surface area contributed by atoms with Crippen molar-refractivity contribution in [1.29, 1.82) is 0 Å². The van der Waals surface area contributed by atoms with E-state index in [0.717, 1.165) is 6.07 Å². The Hall–Kier alpha value is -3.75. The fourth-order valence-corrected chi connectivity index (χ4v) is 2.30. The highest BCUT2D eigenvalue weighted by Gasteiger charge is 2.17. The van der Waals surface area contributed by atoms with Crippen molar-refractivity contribution < 1.29 is 22.8 Å². The number of carbonyl (C=O) groups excluding carboxylic acids is 2. The highest BCUT2D eigenvalue weighted by atomic mass is 19.2. The van der Waals surface area contributed by atoms with E-state index in [2.05, 4.69) is 20.6 Å². The molecule has 0 radical (unpaired) electrons. The molecule has 0 saturated carbocycles. The van der Waals surface area contributed by atoms with Gasteiger partial charge in [0.05, 0.1) is 5.69 Å². The van der Waals surface area contributed by atoms with Crippen LogP contribution in [0.4, 0.5) is 30.5 Å². The van der Waals surface area contributed by atoms with E-state index in [0.29, 0.717) is 17.3 Å². The normalized spacial score (nSPS) is 10.4. The zero-order valence-electron chi connectivity index (χ0n) is 14.5. The smallest absolute Gasteiger partial charge is 0.274 e. The molecule has 0 bridgehead atoms. The highest BCUT2D eigenvalue weighted by molar-refractivity contribution is 6.03. The summed E-state index contributed by atoms with van der Waals surface area (Å²) >= 11 is 0. The van der Waals surface area contributed by atoms with Crippen LogP contribution in [0.1, 0.15) is 27.8 Å². The second-order valence-corrected chi connectivity index (χ2v) is 5.70. The van der Waals surface area contributed by atoms with Gasteiger partial charge in [0, 0.05) is 17.4 Å². The van der Waals surface area contributed by atoms with Crippen LogP contribution in [0.25, 0.3) is 0 Å². The highest BCUT2D eigenvalue weighted by Crippen LogP contribution is 2.20. The number of Topliss-reactive ketones (excluding diaryl/α,β-unsaturated/α-hetero) is 1. The monoisotopic (exact) mass is 386 g/mol. The molecule has 0 fully saturated rings. The third kappa shape index (κ3) is 4.14. The summed E-state index contributed by atoms with van der Waals surface area (Å²) in [6, 6.07) is 9.46. The van der Waals surface area contributed by atoms with Gasteiger partial charge in [0.1, 0.15) is 5.69 Å². The van der Waals surface area contributed by atoms with Gasteiger partial charge in [0.15, 0.2) is 23.2 Å². The van der Waals surface area contributed by atoms with Crippen LogP contribution < -0.4 is 10.6 Å². The van der Waals surface area contributed by atoms with Crippen LogP contribution in [-0.4, -0.2) is 21.7 Å². The van der Waals surface area contributed by atoms with Crippen molar-refractivity contribution in [3.05, 3.63) is 77.4 Å². The van der Waals surface area contributed by atoms with Crippen LogP contribution in [0.3, 0.4) is 0 Å². The van der Waals surface area contributed by atoms with E-state index in [1.807, 2.05) is 0 Å². The largest absolute Gasteiger partial charge is 0.324 e. The summed E-state index contributed by atoms with van der Waals surface area (Å²) < 4.78 is 40.0. The summed E-state index contributed by atoms with van der Waals surface area (Å²) in [5.74, 6) is -5.47. The van der Waals surface area contributed by atoms with E-state index in [4.69, 9.17) is 0 Å². The lowest BCUT2D eigenvalue weighted by molar-refractivity contribution is 0.101. The molecule has 1 amide bonds. The molecule has 0 unspecified atom stereocenters. The number of halogens is 3. The number of hydrogen-bond acceptors (Lipinski definition) is 5. The van der Waals surface area contributed by atoms with Gasteiger partial charge in [-0.05, 0) is 37.3 Å². The van der Waals surface area contributed by atoms with Crippen molar-refractivity contribution in [3.8, 4) is 0 Å². The molecule has 3 rings (SSSR count). The third-order valence-electron chi connectivity index (χ3n) is 3.70. The number of benzene rings is 2. The van der Waals surface area contributed by atoms with Gasteiger partial charge >= 0.3 is 0 Å². The maximum Gasteiger partial charge on any atom is 0.274 e. The molecule has 0 spiro atoms. The molecule has 9 heteroatoms. The second kappa shape index (κ2) is 7.87. The predicted molar refractivity (Wildman–Crippen MR) is 96.0 cm³/mol. The molecule has 6 nitrogen and oxygen atoms in total. The standard InChI is InChI=1S/C19H13F3N4O2/c1-10(27)11-3-2-4-12(9-11)24-19-23-8-7-15(26-19)18(28)25-14-6-5-13(20)16(21)17(14)22/h2-9H,1H3,(H,25,28)(H,23,24,26). The summed E-state index contributed by atoms with van der Waals surface area (Å²) in [6.07, 6.45) is 1.29. The predicted octanol–water partition coefficient (Wildman–Crippen LogP) is 4.09. The summed E-state index contributed by atoms with van der Waals surface area (Å²) in [4.78, 5) is 31.7. The van der Waals surface area contributed by atoms with Gasteiger partial charge < -0.3 is 10.6 Å². The molecule has 3 aromatic rings. The maximum absolute atomic E-state index is 13.7. The number of nitrogens with zero attached hydrogens (tertiary/aromatic N) is 2. The molecule has 0 saturated heterocycles. The molecule has 0 atom stereocenters.